The van der Waals surface area contributed by atoms with E-state index in [-0.39, 0.29) is 23.7 Å². The van der Waals surface area contributed by atoms with Gasteiger partial charge in [-0.1, -0.05) is 30.3 Å². The van der Waals surface area contributed by atoms with Crippen molar-refractivity contribution in [3.05, 3.63) is 54.6 Å². The number of thioether (sulfide) groups is 1. The van der Waals surface area contributed by atoms with E-state index in [0.29, 0.717) is 5.69 Å². The van der Waals surface area contributed by atoms with Gasteiger partial charge in [-0.25, -0.2) is 4.79 Å². The molecule has 0 saturated carbocycles. The van der Waals surface area contributed by atoms with E-state index in [1.807, 2.05) is 42.5 Å². The Labute approximate surface area is 163 Å². The lowest BCUT2D eigenvalue weighted by Gasteiger charge is -2.34. The van der Waals surface area contributed by atoms with Crippen LogP contribution in [0.3, 0.4) is 0 Å². The van der Waals surface area contributed by atoms with Crippen molar-refractivity contribution in [2.75, 3.05) is 29.1 Å². The summed E-state index contributed by atoms with van der Waals surface area (Å²) >= 11 is 1.32. The van der Waals surface area contributed by atoms with Crippen LogP contribution >= 0.6 is 11.8 Å². The molecular formula is C20H24N4O2S. The van der Waals surface area contributed by atoms with E-state index in [0.717, 1.165) is 30.8 Å². The number of nitrogens with zero attached hydrogens (tertiary/aromatic N) is 1. The van der Waals surface area contributed by atoms with Crippen LogP contribution in [0.4, 0.5) is 16.2 Å². The molecule has 1 fully saturated rings. The van der Waals surface area contributed by atoms with E-state index in [1.54, 1.807) is 0 Å². The third-order valence-corrected chi connectivity index (χ3v) is 5.55. The summed E-state index contributed by atoms with van der Waals surface area (Å²) in [6, 6.07) is 17.7. The van der Waals surface area contributed by atoms with Crippen LogP contribution in [0.5, 0.6) is 0 Å². The normalized spacial score (nSPS) is 14.6. The molecule has 27 heavy (non-hydrogen) atoms. The number of carbonyl (C=O) groups excluding carboxylic acids is 2. The van der Waals surface area contributed by atoms with Gasteiger partial charge in [-0.2, -0.15) is 0 Å². The van der Waals surface area contributed by atoms with Crippen molar-refractivity contribution in [1.29, 1.82) is 0 Å². The molecule has 7 heteroatoms. The van der Waals surface area contributed by atoms with E-state index < -0.39 is 0 Å². The van der Waals surface area contributed by atoms with Crippen molar-refractivity contribution < 1.29 is 9.59 Å². The smallest absolute Gasteiger partial charge is 0.319 e. The number of para-hydroxylation sites is 2. The average molecular weight is 385 g/mol. The number of rotatable bonds is 6. The van der Waals surface area contributed by atoms with Crippen molar-refractivity contribution >= 4 is 35.1 Å². The van der Waals surface area contributed by atoms with Crippen molar-refractivity contribution in [3.8, 4) is 0 Å². The number of hydrogen-bond acceptors (Lipinski definition) is 4. The van der Waals surface area contributed by atoms with Gasteiger partial charge < -0.3 is 21.3 Å². The molecule has 2 aromatic rings. The zero-order valence-corrected chi connectivity index (χ0v) is 15.9. The number of anilines is 2. The molecule has 0 aromatic heterocycles. The van der Waals surface area contributed by atoms with Crippen LogP contribution in [0.1, 0.15) is 12.8 Å². The number of urea groups is 1. The van der Waals surface area contributed by atoms with Crippen molar-refractivity contribution in [3.63, 3.8) is 0 Å². The molecule has 1 saturated heterocycles. The summed E-state index contributed by atoms with van der Waals surface area (Å²) in [5.74, 6) is -0.206. The van der Waals surface area contributed by atoms with Crippen molar-refractivity contribution in [1.82, 2.24) is 5.32 Å². The first-order valence-corrected chi connectivity index (χ1v) is 9.98. The number of benzene rings is 2. The van der Waals surface area contributed by atoms with Crippen molar-refractivity contribution in [2.24, 2.45) is 5.73 Å². The van der Waals surface area contributed by atoms with Gasteiger partial charge in [0.25, 0.3) is 0 Å². The Kier molecular flexibility index (Phi) is 6.59. The molecule has 3 rings (SSSR count). The van der Waals surface area contributed by atoms with Gasteiger partial charge in [-0.05, 0) is 37.1 Å². The van der Waals surface area contributed by atoms with E-state index in [1.165, 1.54) is 17.4 Å². The first-order chi connectivity index (χ1) is 13.1. The number of nitrogens with one attached hydrogen (secondary N) is 2. The Morgan fingerprint density at radius 2 is 1.70 bits per heavy atom. The minimum absolute atomic E-state index is 0.149. The van der Waals surface area contributed by atoms with Crippen LogP contribution in [0.15, 0.2) is 59.5 Å². The Hall–Kier alpha value is -2.67. The van der Waals surface area contributed by atoms with Crippen LogP contribution in [0.2, 0.25) is 0 Å². The number of primary amides is 1. The standard InChI is InChI=1S/C20H24N4O2S/c21-19(25)14-27-18-9-5-4-8-17(18)23-20(26)22-15-10-12-24(13-11-15)16-6-2-1-3-7-16/h1-9,15H,10-14H2,(H2,21,25)(H2,22,23,26). The highest BCUT2D eigenvalue weighted by atomic mass is 32.2. The summed E-state index contributed by atoms with van der Waals surface area (Å²) in [5.41, 5.74) is 7.11. The van der Waals surface area contributed by atoms with Crippen molar-refractivity contribution in [2.45, 2.75) is 23.8 Å². The highest BCUT2D eigenvalue weighted by Crippen LogP contribution is 2.26. The molecule has 0 spiro atoms. The molecule has 0 bridgehead atoms. The van der Waals surface area contributed by atoms with Crippen LogP contribution < -0.4 is 21.3 Å². The number of piperidine rings is 1. The minimum Gasteiger partial charge on any atom is -0.371 e. The quantitative estimate of drug-likeness (QED) is 0.668. The second kappa shape index (κ2) is 9.32. The van der Waals surface area contributed by atoms with Gasteiger partial charge in [0.05, 0.1) is 11.4 Å². The lowest BCUT2D eigenvalue weighted by atomic mass is 10.0. The molecule has 1 aliphatic heterocycles. The summed E-state index contributed by atoms with van der Waals surface area (Å²) in [4.78, 5) is 26.5. The van der Waals surface area contributed by atoms with Crippen LogP contribution in [0.25, 0.3) is 0 Å². The average Bonchev–Trinajstić information content (AvgIpc) is 2.68. The van der Waals surface area contributed by atoms with Gasteiger partial charge in [0.2, 0.25) is 5.91 Å². The van der Waals surface area contributed by atoms with Crippen LogP contribution in [0, 0.1) is 0 Å². The SMILES string of the molecule is NC(=O)CSc1ccccc1NC(=O)NC1CCN(c2ccccc2)CC1. The molecule has 2 aromatic carbocycles. The summed E-state index contributed by atoms with van der Waals surface area (Å²) in [6.45, 7) is 1.83. The second-order valence-corrected chi connectivity index (χ2v) is 7.46. The lowest BCUT2D eigenvalue weighted by molar-refractivity contribution is -0.115. The Balaban J connectivity index is 1.50. The third kappa shape index (κ3) is 5.65. The van der Waals surface area contributed by atoms with Gasteiger partial charge in [0.1, 0.15) is 0 Å². The van der Waals surface area contributed by atoms with Crippen LogP contribution in [-0.4, -0.2) is 36.8 Å². The Bertz CT molecular complexity index is 777. The first-order valence-electron chi connectivity index (χ1n) is 8.99. The maximum absolute atomic E-state index is 12.4. The molecule has 0 atom stereocenters. The summed E-state index contributed by atoms with van der Waals surface area (Å²) in [5, 5.41) is 5.94. The number of amides is 3. The molecular weight excluding hydrogens is 360 g/mol. The summed E-state index contributed by atoms with van der Waals surface area (Å²) in [6.07, 6.45) is 1.81. The van der Waals surface area contributed by atoms with Gasteiger partial charge in [-0.3, -0.25) is 4.79 Å². The Morgan fingerprint density at radius 1 is 1.04 bits per heavy atom. The number of hydrogen-bond donors (Lipinski definition) is 3. The van der Waals surface area contributed by atoms with Crippen LogP contribution in [-0.2, 0) is 4.79 Å². The summed E-state index contributed by atoms with van der Waals surface area (Å²) < 4.78 is 0. The van der Waals surface area contributed by atoms with E-state index in [9.17, 15) is 9.59 Å². The predicted octanol–water partition coefficient (Wildman–Crippen LogP) is 3.05. The molecule has 0 aliphatic carbocycles. The third-order valence-electron chi connectivity index (χ3n) is 4.46. The molecule has 6 nitrogen and oxygen atoms in total. The van der Waals surface area contributed by atoms with E-state index >= 15 is 0 Å². The fourth-order valence-corrected chi connectivity index (χ4v) is 3.86. The molecule has 1 heterocycles. The molecule has 142 valence electrons. The largest absolute Gasteiger partial charge is 0.371 e. The minimum atomic E-state index is -0.385. The van der Waals surface area contributed by atoms with E-state index in [2.05, 4.69) is 27.7 Å². The highest BCUT2D eigenvalue weighted by molar-refractivity contribution is 8.00. The fraction of sp³-hybridized carbons (Fsp3) is 0.300. The lowest BCUT2D eigenvalue weighted by Crippen LogP contribution is -2.46. The molecule has 0 unspecified atom stereocenters. The van der Waals surface area contributed by atoms with Gasteiger partial charge in [0.15, 0.2) is 0 Å². The Morgan fingerprint density at radius 3 is 2.41 bits per heavy atom. The zero-order valence-electron chi connectivity index (χ0n) is 15.1. The monoisotopic (exact) mass is 384 g/mol. The maximum Gasteiger partial charge on any atom is 0.319 e. The van der Waals surface area contributed by atoms with Gasteiger partial charge in [0, 0.05) is 29.7 Å². The number of nitrogens with two attached hydrogens (primary N) is 1. The van der Waals surface area contributed by atoms with Gasteiger partial charge in [-0.15, -0.1) is 11.8 Å². The second-order valence-electron chi connectivity index (χ2n) is 6.45. The first kappa shape index (κ1) is 19.1. The molecule has 0 radical (unpaired) electrons. The molecule has 4 N–H and O–H groups in total. The maximum atomic E-state index is 12.4. The summed E-state index contributed by atoms with van der Waals surface area (Å²) in [7, 11) is 0. The number of carbonyl (C=O) groups is 2. The van der Waals surface area contributed by atoms with Gasteiger partial charge >= 0.3 is 6.03 Å². The van der Waals surface area contributed by atoms with E-state index in [4.69, 9.17) is 5.73 Å². The highest BCUT2D eigenvalue weighted by Gasteiger charge is 2.21. The fourth-order valence-electron chi connectivity index (χ4n) is 3.11. The topological polar surface area (TPSA) is 87.5 Å². The molecule has 3 amide bonds. The predicted molar refractivity (Wildman–Crippen MR) is 110 cm³/mol. The molecule has 1 aliphatic rings. The zero-order chi connectivity index (χ0) is 19.1.